The van der Waals surface area contributed by atoms with Crippen LogP contribution in [0.1, 0.15) is 44.8 Å². The maximum atomic E-state index is 6.34. The largest absolute Gasteiger partial charge is 0.327 e. The van der Waals surface area contributed by atoms with Gasteiger partial charge < -0.3 is 5.73 Å². The fourth-order valence-corrected chi connectivity index (χ4v) is 3.66. The molecular weight excluding hydrogens is 210 g/mol. The van der Waals surface area contributed by atoms with Crippen LogP contribution in [0.3, 0.4) is 0 Å². The van der Waals surface area contributed by atoms with E-state index in [0.29, 0.717) is 12.1 Å². The van der Waals surface area contributed by atoms with Crippen molar-refractivity contribution in [1.29, 1.82) is 0 Å². The quantitative estimate of drug-likeness (QED) is 0.867. The monoisotopic (exact) mass is 233 g/mol. The van der Waals surface area contributed by atoms with E-state index in [0.717, 1.165) is 29.9 Å². The molecule has 1 aromatic heterocycles. The van der Waals surface area contributed by atoms with Gasteiger partial charge in [-0.25, -0.2) is 0 Å². The first-order valence-corrected chi connectivity index (χ1v) is 6.96. The van der Waals surface area contributed by atoms with Crippen molar-refractivity contribution < 1.29 is 0 Å². The molecule has 3 atom stereocenters. The van der Waals surface area contributed by atoms with Crippen LogP contribution in [0.15, 0.2) is 12.3 Å². The number of fused-ring (bicyclic) bond motifs is 1. The van der Waals surface area contributed by atoms with Gasteiger partial charge >= 0.3 is 0 Å². The average molecular weight is 233 g/mol. The fraction of sp³-hybridized carbons (Fsp3) is 0.786. The van der Waals surface area contributed by atoms with Crippen molar-refractivity contribution >= 4 is 0 Å². The highest BCUT2D eigenvalue weighted by Crippen LogP contribution is 2.58. The predicted octanol–water partition coefficient (Wildman–Crippen LogP) is 2.38. The van der Waals surface area contributed by atoms with Crippen molar-refractivity contribution in [2.24, 2.45) is 23.5 Å². The molecule has 0 saturated heterocycles. The minimum absolute atomic E-state index is 0.334. The van der Waals surface area contributed by atoms with Crippen molar-refractivity contribution in [3.05, 3.63) is 18.0 Å². The highest BCUT2D eigenvalue weighted by molar-refractivity contribution is 5.10. The van der Waals surface area contributed by atoms with Crippen molar-refractivity contribution in [2.45, 2.75) is 51.6 Å². The highest BCUT2D eigenvalue weighted by Gasteiger charge is 2.54. The molecule has 94 valence electrons. The third kappa shape index (κ3) is 2.01. The summed E-state index contributed by atoms with van der Waals surface area (Å²) in [6.07, 6.45) is 7.30. The zero-order valence-corrected chi connectivity index (χ0v) is 10.8. The second-order valence-electron chi connectivity index (χ2n) is 6.08. The standard InChI is InChI=1S/C14H23N3/c1-9(2)17-7-6-10(16-17)8-13(15)14-11-4-3-5-12(11)14/h6-7,9,11-14H,3-5,8,15H2,1-2H3. The number of aromatic nitrogens is 2. The zero-order chi connectivity index (χ0) is 12.0. The summed E-state index contributed by atoms with van der Waals surface area (Å²) >= 11 is 0. The molecule has 0 aromatic carbocycles. The Hall–Kier alpha value is -0.830. The van der Waals surface area contributed by atoms with Crippen molar-refractivity contribution in [3.8, 4) is 0 Å². The zero-order valence-electron chi connectivity index (χ0n) is 10.8. The molecule has 3 unspecified atom stereocenters. The third-order valence-electron chi connectivity index (χ3n) is 4.60. The first-order valence-electron chi connectivity index (χ1n) is 6.96. The highest BCUT2D eigenvalue weighted by atomic mass is 15.3. The Balaban J connectivity index is 1.59. The molecule has 0 spiro atoms. The maximum Gasteiger partial charge on any atom is 0.0640 e. The lowest BCUT2D eigenvalue weighted by atomic mass is 10.0. The van der Waals surface area contributed by atoms with Crippen LogP contribution in [0.25, 0.3) is 0 Å². The van der Waals surface area contributed by atoms with Gasteiger partial charge in [0.2, 0.25) is 0 Å². The molecule has 0 aliphatic heterocycles. The minimum Gasteiger partial charge on any atom is -0.327 e. The minimum atomic E-state index is 0.334. The number of hydrogen-bond acceptors (Lipinski definition) is 2. The van der Waals surface area contributed by atoms with Gasteiger partial charge in [0, 0.05) is 24.7 Å². The summed E-state index contributed by atoms with van der Waals surface area (Å²) in [7, 11) is 0. The molecule has 2 aliphatic rings. The second-order valence-corrected chi connectivity index (χ2v) is 6.08. The van der Waals surface area contributed by atoms with Gasteiger partial charge in [0.15, 0.2) is 0 Å². The predicted molar refractivity (Wildman–Crippen MR) is 68.6 cm³/mol. The van der Waals surface area contributed by atoms with Crippen molar-refractivity contribution in [1.82, 2.24) is 9.78 Å². The van der Waals surface area contributed by atoms with Gasteiger partial charge in [-0.1, -0.05) is 6.42 Å². The van der Waals surface area contributed by atoms with E-state index in [1.807, 2.05) is 4.68 Å². The molecule has 2 N–H and O–H groups in total. The first kappa shape index (κ1) is 11.3. The SMILES string of the molecule is CC(C)n1ccc(CC(N)C2C3CCCC32)n1. The fourth-order valence-electron chi connectivity index (χ4n) is 3.66. The van der Waals surface area contributed by atoms with Gasteiger partial charge in [-0.2, -0.15) is 5.10 Å². The molecule has 2 fully saturated rings. The van der Waals surface area contributed by atoms with Crippen LogP contribution in [-0.4, -0.2) is 15.8 Å². The second kappa shape index (κ2) is 4.13. The molecule has 0 radical (unpaired) electrons. The molecule has 1 aromatic rings. The lowest BCUT2D eigenvalue weighted by molar-refractivity contribution is 0.472. The molecule has 1 heterocycles. The van der Waals surface area contributed by atoms with E-state index in [4.69, 9.17) is 5.73 Å². The Labute approximate surface area is 103 Å². The maximum absolute atomic E-state index is 6.34. The summed E-state index contributed by atoms with van der Waals surface area (Å²) < 4.78 is 2.02. The summed E-state index contributed by atoms with van der Waals surface area (Å²) in [4.78, 5) is 0. The van der Waals surface area contributed by atoms with E-state index < -0.39 is 0 Å². The van der Waals surface area contributed by atoms with Crippen LogP contribution >= 0.6 is 0 Å². The summed E-state index contributed by atoms with van der Waals surface area (Å²) in [5.74, 6) is 2.71. The van der Waals surface area contributed by atoms with E-state index in [9.17, 15) is 0 Å². The Morgan fingerprint density at radius 2 is 2.12 bits per heavy atom. The topological polar surface area (TPSA) is 43.8 Å². The van der Waals surface area contributed by atoms with E-state index >= 15 is 0 Å². The van der Waals surface area contributed by atoms with Gasteiger partial charge in [-0.05, 0) is 50.5 Å². The van der Waals surface area contributed by atoms with Gasteiger partial charge in [0.1, 0.15) is 0 Å². The molecule has 0 bridgehead atoms. The lowest BCUT2D eigenvalue weighted by Gasteiger charge is -2.12. The molecule has 0 amide bonds. The van der Waals surface area contributed by atoms with E-state index in [1.165, 1.54) is 19.3 Å². The van der Waals surface area contributed by atoms with Gasteiger partial charge in [0.25, 0.3) is 0 Å². The van der Waals surface area contributed by atoms with Crippen LogP contribution in [-0.2, 0) is 6.42 Å². The summed E-state index contributed by atoms with van der Waals surface area (Å²) in [6, 6.07) is 2.90. The molecule has 17 heavy (non-hydrogen) atoms. The Bertz CT molecular complexity index is 386. The van der Waals surface area contributed by atoms with E-state index in [-0.39, 0.29) is 0 Å². The van der Waals surface area contributed by atoms with Crippen molar-refractivity contribution in [3.63, 3.8) is 0 Å². The Morgan fingerprint density at radius 3 is 2.71 bits per heavy atom. The summed E-state index contributed by atoms with van der Waals surface area (Å²) in [5.41, 5.74) is 7.50. The number of hydrogen-bond donors (Lipinski definition) is 1. The van der Waals surface area contributed by atoms with Crippen LogP contribution in [0.4, 0.5) is 0 Å². The smallest absolute Gasteiger partial charge is 0.0640 e. The lowest BCUT2D eigenvalue weighted by Crippen LogP contribution is -2.27. The van der Waals surface area contributed by atoms with Crippen LogP contribution in [0, 0.1) is 17.8 Å². The van der Waals surface area contributed by atoms with Gasteiger partial charge in [0.05, 0.1) is 5.69 Å². The van der Waals surface area contributed by atoms with Gasteiger partial charge in [-0.15, -0.1) is 0 Å². The molecule has 3 heteroatoms. The Kier molecular flexibility index (Phi) is 2.74. The normalized spacial score (nSPS) is 32.8. The first-order chi connectivity index (χ1) is 8.16. The third-order valence-corrected chi connectivity index (χ3v) is 4.60. The van der Waals surface area contributed by atoms with Crippen molar-refractivity contribution in [2.75, 3.05) is 0 Å². The summed E-state index contributed by atoms with van der Waals surface area (Å²) in [5, 5.41) is 4.59. The summed E-state index contributed by atoms with van der Waals surface area (Å²) in [6.45, 7) is 4.31. The molecular formula is C14H23N3. The molecule has 2 aliphatic carbocycles. The number of nitrogens with two attached hydrogens (primary N) is 1. The van der Waals surface area contributed by atoms with E-state index in [1.54, 1.807) is 0 Å². The Morgan fingerprint density at radius 1 is 1.41 bits per heavy atom. The van der Waals surface area contributed by atoms with Crippen LogP contribution in [0.2, 0.25) is 0 Å². The number of nitrogens with zero attached hydrogens (tertiary/aromatic N) is 2. The molecule has 3 rings (SSSR count). The van der Waals surface area contributed by atoms with E-state index in [2.05, 4.69) is 31.2 Å². The van der Waals surface area contributed by atoms with Gasteiger partial charge in [-0.3, -0.25) is 4.68 Å². The number of rotatable bonds is 4. The molecule has 2 saturated carbocycles. The van der Waals surface area contributed by atoms with Crippen LogP contribution < -0.4 is 5.73 Å². The average Bonchev–Trinajstić information content (AvgIpc) is 2.72. The molecule has 3 nitrogen and oxygen atoms in total. The van der Waals surface area contributed by atoms with Crippen LogP contribution in [0.5, 0.6) is 0 Å².